The van der Waals surface area contributed by atoms with E-state index in [1.807, 2.05) is 5.51 Å². The van der Waals surface area contributed by atoms with Gasteiger partial charge in [-0.05, 0) is 26.2 Å². The summed E-state index contributed by atoms with van der Waals surface area (Å²) in [7, 11) is 0. The van der Waals surface area contributed by atoms with Gasteiger partial charge in [0.1, 0.15) is 0 Å². The summed E-state index contributed by atoms with van der Waals surface area (Å²) in [5.41, 5.74) is 3.15. The Balaban J connectivity index is 1.81. The highest BCUT2D eigenvalue weighted by Crippen LogP contribution is 2.45. The molecule has 18 heavy (non-hydrogen) atoms. The third-order valence-corrected chi connectivity index (χ3v) is 5.01. The van der Waals surface area contributed by atoms with Gasteiger partial charge in [0.25, 0.3) is 0 Å². The number of anilines is 1. The molecule has 0 aromatic carbocycles. The Morgan fingerprint density at radius 3 is 3.00 bits per heavy atom. The zero-order valence-corrected chi connectivity index (χ0v) is 12.1. The van der Waals surface area contributed by atoms with Gasteiger partial charge in [0.05, 0.1) is 16.1 Å². The molecule has 2 aromatic rings. The number of nitrogens with one attached hydrogen (secondary N) is 1. The van der Waals surface area contributed by atoms with Crippen LogP contribution in [0.15, 0.2) is 5.51 Å². The first-order valence-electron chi connectivity index (χ1n) is 6.31. The molecule has 0 aliphatic heterocycles. The third-order valence-electron chi connectivity index (χ3n) is 3.16. The minimum Gasteiger partial charge on any atom is -0.358 e. The molecule has 0 bridgehead atoms. The average Bonchev–Trinajstić information content (AvgIpc) is 2.92. The van der Waals surface area contributed by atoms with E-state index in [-0.39, 0.29) is 0 Å². The van der Waals surface area contributed by atoms with Crippen LogP contribution in [0.3, 0.4) is 0 Å². The second-order valence-corrected chi connectivity index (χ2v) is 6.54. The van der Waals surface area contributed by atoms with Crippen LogP contribution in [-0.2, 0) is 0 Å². The fourth-order valence-electron chi connectivity index (χ4n) is 1.75. The highest BCUT2D eigenvalue weighted by atomic mass is 32.1. The van der Waals surface area contributed by atoms with Crippen molar-refractivity contribution in [3.05, 3.63) is 11.2 Å². The van der Waals surface area contributed by atoms with Crippen LogP contribution in [0, 0.1) is 0 Å². The summed E-state index contributed by atoms with van der Waals surface area (Å²) in [6, 6.07) is 0.440. The summed E-state index contributed by atoms with van der Waals surface area (Å²) in [4.78, 5) is 5.69. The standard InChI is InChI=1S/C12H16N4S2/c1-3-7(2)14-12-16-15-11(18-12)10-9(8-4-5-8)13-6-17-10/h6-8H,3-5H2,1-2H3,(H,14,16). The lowest BCUT2D eigenvalue weighted by Crippen LogP contribution is -2.12. The van der Waals surface area contributed by atoms with Crippen LogP contribution in [0.5, 0.6) is 0 Å². The third kappa shape index (κ3) is 2.40. The fraction of sp³-hybridized carbons (Fsp3) is 0.583. The van der Waals surface area contributed by atoms with Crippen LogP contribution < -0.4 is 5.32 Å². The molecule has 0 amide bonds. The maximum absolute atomic E-state index is 4.48. The molecular weight excluding hydrogens is 264 g/mol. The van der Waals surface area contributed by atoms with Crippen molar-refractivity contribution < 1.29 is 0 Å². The molecule has 2 heterocycles. The zero-order chi connectivity index (χ0) is 12.5. The molecule has 3 rings (SSSR count). The lowest BCUT2D eigenvalue weighted by Gasteiger charge is -2.07. The second-order valence-electron chi connectivity index (χ2n) is 4.71. The van der Waals surface area contributed by atoms with E-state index in [1.54, 1.807) is 22.7 Å². The van der Waals surface area contributed by atoms with Gasteiger partial charge in [0, 0.05) is 12.0 Å². The van der Waals surface area contributed by atoms with Crippen LogP contribution in [-0.4, -0.2) is 21.2 Å². The monoisotopic (exact) mass is 280 g/mol. The van der Waals surface area contributed by atoms with Crippen molar-refractivity contribution in [1.82, 2.24) is 15.2 Å². The number of nitrogens with zero attached hydrogens (tertiary/aromatic N) is 3. The Bertz CT molecular complexity index is 530. The summed E-state index contributed by atoms with van der Waals surface area (Å²) in [6.07, 6.45) is 3.63. The fourth-order valence-corrected chi connectivity index (χ4v) is 3.58. The van der Waals surface area contributed by atoms with Crippen LogP contribution >= 0.6 is 22.7 Å². The average molecular weight is 280 g/mol. The topological polar surface area (TPSA) is 50.7 Å². The number of thiazole rings is 1. The van der Waals surface area contributed by atoms with Gasteiger partial charge < -0.3 is 5.32 Å². The van der Waals surface area contributed by atoms with E-state index in [2.05, 4.69) is 34.3 Å². The maximum atomic E-state index is 4.48. The van der Waals surface area contributed by atoms with E-state index in [0.29, 0.717) is 12.0 Å². The smallest absolute Gasteiger partial charge is 0.206 e. The predicted molar refractivity (Wildman–Crippen MR) is 76.4 cm³/mol. The second kappa shape index (κ2) is 4.93. The van der Waals surface area contributed by atoms with Gasteiger partial charge >= 0.3 is 0 Å². The van der Waals surface area contributed by atoms with Crippen molar-refractivity contribution in [3.63, 3.8) is 0 Å². The Morgan fingerprint density at radius 1 is 1.44 bits per heavy atom. The summed E-state index contributed by atoms with van der Waals surface area (Å²) in [5.74, 6) is 0.668. The van der Waals surface area contributed by atoms with E-state index in [9.17, 15) is 0 Å². The largest absolute Gasteiger partial charge is 0.358 e. The molecule has 1 unspecified atom stereocenters. The van der Waals surface area contributed by atoms with Crippen molar-refractivity contribution in [1.29, 1.82) is 0 Å². The number of hydrogen-bond acceptors (Lipinski definition) is 6. The van der Waals surface area contributed by atoms with Crippen molar-refractivity contribution in [2.24, 2.45) is 0 Å². The van der Waals surface area contributed by atoms with Crippen molar-refractivity contribution in [3.8, 4) is 9.88 Å². The van der Waals surface area contributed by atoms with Crippen LogP contribution in [0.4, 0.5) is 5.13 Å². The molecule has 2 aromatic heterocycles. The van der Waals surface area contributed by atoms with Crippen molar-refractivity contribution in [2.45, 2.75) is 45.1 Å². The molecule has 1 saturated carbocycles. The summed E-state index contributed by atoms with van der Waals surface area (Å²) in [5, 5.41) is 13.8. The van der Waals surface area contributed by atoms with E-state index in [4.69, 9.17) is 0 Å². The van der Waals surface area contributed by atoms with Gasteiger partial charge in [-0.1, -0.05) is 18.3 Å². The Morgan fingerprint density at radius 2 is 2.28 bits per heavy atom. The number of rotatable bonds is 5. The molecular formula is C12H16N4S2. The minimum atomic E-state index is 0.440. The summed E-state index contributed by atoms with van der Waals surface area (Å²) in [6.45, 7) is 4.32. The van der Waals surface area contributed by atoms with E-state index >= 15 is 0 Å². The van der Waals surface area contributed by atoms with Gasteiger partial charge in [-0.15, -0.1) is 21.5 Å². The number of hydrogen-bond donors (Lipinski definition) is 1. The summed E-state index contributed by atoms with van der Waals surface area (Å²) < 4.78 is 0. The lowest BCUT2D eigenvalue weighted by atomic mass is 10.2. The molecule has 0 radical (unpaired) electrons. The van der Waals surface area contributed by atoms with Crippen molar-refractivity contribution in [2.75, 3.05) is 5.32 Å². The molecule has 0 spiro atoms. The molecule has 1 aliphatic carbocycles. The molecule has 96 valence electrons. The van der Waals surface area contributed by atoms with Gasteiger partial charge in [-0.3, -0.25) is 0 Å². The van der Waals surface area contributed by atoms with E-state index < -0.39 is 0 Å². The first-order chi connectivity index (χ1) is 8.78. The quantitative estimate of drug-likeness (QED) is 0.906. The predicted octanol–water partition coefficient (Wildman–Crippen LogP) is 3.75. The van der Waals surface area contributed by atoms with Gasteiger partial charge in [0.15, 0.2) is 5.01 Å². The summed E-state index contributed by atoms with van der Waals surface area (Å²) >= 11 is 3.31. The van der Waals surface area contributed by atoms with Crippen LogP contribution in [0.1, 0.15) is 44.7 Å². The molecule has 4 nitrogen and oxygen atoms in total. The van der Waals surface area contributed by atoms with Crippen LogP contribution in [0.2, 0.25) is 0 Å². The zero-order valence-electron chi connectivity index (χ0n) is 10.5. The Labute approximate surface area is 114 Å². The molecule has 1 atom stereocenters. The molecule has 1 fully saturated rings. The Hall–Kier alpha value is -1.01. The van der Waals surface area contributed by atoms with Gasteiger partial charge in [-0.25, -0.2) is 4.98 Å². The minimum absolute atomic E-state index is 0.440. The SMILES string of the molecule is CCC(C)Nc1nnc(-c2scnc2C2CC2)s1. The highest BCUT2D eigenvalue weighted by Gasteiger charge is 2.29. The lowest BCUT2D eigenvalue weighted by molar-refractivity contribution is 0.760. The van der Waals surface area contributed by atoms with Gasteiger partial charge in [0.2, 0.25) is 5.13 Å². The molecule has 1 aliphatic rings. The first-order valence-corrected chi connectivity index (χ1v) is 8.01. The normalized spacial score (nSPS) is 16.8. The van der Waals surface area contributed by atoms with E-state index in [1.165, 1.54) is 23.4 Å². The first kappa shape index (κ1) is 12.0. The maximum Gasteiger partial charge on any atom is 0.206 e. The Kier molecular flexibility index (Phi) is 3.30. The van der Waals surface area contributed by atoms with E-state index in [0.717, 1.165) is 16.6 Å². The van der Waals surface area contributed by atoms with Gasteiger partial charge in [-0.2, -0.15) is 0 Å². The molecule has 0 saturated heterocycles. The highest BCUT2D eigenvalue weighted by molar-refractivity contribution is 7.22. The molecule has 6 heteroatoms. The number of aromatic nitrogens is 3. The van der Waals surface area contributed by atoms with Crippen LogP contribution in [0.25, 0.3) is 9.88 Å². The van der Waals surface area contributed by atoms with Crippen molar-refractivity contribution >= 4 is 27.8 Å². The molecule has 1 N–H and O–H groups in total.